The SMILES string of the molecule is COC(=O)c1ccc(C2=CCC3(C)CN(C(=O)OC(C)(C)C)CC=C3C2(C)C)cc1. The lowest BCUT2D eigenvalue weighted by Gasteiger charge is -2.50. The number of rotatable bonds is 2. The highest BCUT2D eigenvalue weighted by atomic mass is 16.6. The fraction of sp³-hybridized carbons (Fsp3) is 0.520. The molecule has 1 aliphatic heterocycles. The predicted octanol–water partition coefficient (Wildman–Crippen LogP) is 5.47. The molecule has 0 radical (unpaired) electrons. The zero-order chi connectivity index (χ0) is 22.3. The van der Waals surface area contributed by atoms with E-state index in [4.69, 9.17) is 9.47 Å². The molecule has 1 aromatic carbocycles. The third-order valence-electron chi connectivity index (χ3n) is 6.08. The van der Waals surface area contributed by atoms with Crippen LogP contribution >= 0.6 is 0 Å². The summed E-state index contributed by atoms with van der Waals surface area (Å²) in [6, 6.07) is 7.59. The van der Waals surface area contributed by atoms with Gasteiger partial charge in [-0.15, -0.1) is 0 Å². The summed E-state index contributed by atoms with van der Waals surface area (Å²) in [4.78, 5) is 26.2. The van der Waals surface area contributed by atoms with Crippen LogP contribution in [0.5, 0.6) is 0 Å². The Hall–Kier alpha value is -2.56. The van der Waals surface area contributed by atoms with E-state index in [1.807, 2.05) is 45.0 Å². The van der Waals surface area contributed by atoms with Crippen molar-refractivity contribution in [3.05, 3.63) is 53.1 Å². The first kappa shape index (κ1) is 22.1. The molecule has 1 heterocycles. The molecule has 0 aromatic heterocycles. The highest BCUT2D eigenvalue weighted by molar-refractivity contribution is 5.90. The molecule has 0 saturated carbocycles. The number of carbonyl (C=O) groups is 2. The molecule has 162 valence electrons. The minimum Gasteiger partial charge on any atom is -0.465 e. The number of esters is 1. The molecule has 5 nitrogen and oxygen atoms in total. The van der Waals surface area contributed by atoms with Crippen molar-refractivity contribution in [3.63, 3.8) is 0 Å². The van der Waals surface area contributed by atoms with Crippen molar-refractivity contribution >= 4 is 17.6 Å². The van der Waals surface area contributed by atoms with E-state index < -0.39 is 5.60 Å². The van der Waals surface area contributed by atoms with Crippen LogP contribution in [0.3, 0.4) is 0 Å². The Labute approximate surface area is 179 Å². The number of amides is 1. The highest BCUT2D eigenvalue weighted by Gasteiger charge is 2.46. The average Bonchev–Trinajstić information content (AvgIpc) is 2.65. The van der Waals surface area contributed by atoms with E-state index in [0.717, 1.165) is 12.0 Å². The normalized spacial score (nSPS) is 23.1. The van der Waals surface area contributed by atoms with Crippen LogP contribution in [-0.4, -0.2) is 42.8 Å². The van der Waals surface area contributed by atoms with E-state index in [0.29, 0.717) is 18.7 Å². The van der Waals surface area contributed by atoms with Gasteiger partial charge in [0.1, 0.15) is 5.60 Å². The summed E-state index contributed by atoms with van der Waals surface area (Å²) in [6.45, 7) is 13.6. The Morgan fingerprint density at radius 1 is 1.03 bits per heavy atom. The van der Waals surface area contributed by atoms with Crippen LogP contribution in [0.25, 0.3) is 5.57 Å². The van der Waals surface area contributed by atoms with Gasteiger partial charge in [0.15, 0.2) is 0 Å². The standard InChI is InChI=1S/C25H33NO4/c1-23(2,3)30-22(28)26-15-13-20-24(4,5)19(12-14-25(20,6)16-26)17-8-10-18(11-9-17)21(27)29-7/h8-13H,14-16H2,1-7H3. The van der Waals surface area contributed by atoms with Crippen molar-refractivity contribution in [2.75, 3.05) is 20.2 Å². The van der Waals surface area contributed by atoms with Crippen LogP contribution in [0.15, 0.2) is 42.0 Å². The lowest BCUT2D eigenvalue weighted by Crippen LogP contribution is -2.49. The number of allylic oxidation sites excluding steroid dienone is 2. The molecular weight excluding hydrogens is 378 g/mol. The first-order valence-corrected chi connectivity index (χ1v) is 10.5. The Balaban J connectivity index is 1.87. The van der Waals surface area contributed by atoms with Crippen molar-refractivity contribution in [3.8, 4) is 0 Å². The van der Waals surface area contributed by atoms with Crippen molar-refractivity contribution in [2.45, 2.75) is 53.6 Å². The van der Waals surface area contributed by atoms with Crippen molar-refractivity contribution in [2.24, 2.45) is 10.8 Å². The Morgan fingerprint density at radius 3 is 2.23 bits per heavy atom. The van der Waals surface area contributed by atoms with Gasteiger partial charge >= 0.3 is 12.1 Å². The Kier molecular flexibility index (Phi) is 5.61. The molecule has 5 heteroatoms. The van der Waals surface area contributed by atoms with Crippen LogP contribution in [-0.2, 0) is 9.47 Å². The van der Waals surface area contributed by atoms with Crippen LogP contribution < -0.4 is 0 Å². The van der Waals surface area contributed by atoms with Crippen LogP contribution in [0.2, 0.25) is 0 Å². The molecule has 1 atom stereocenters. The fourth-order valence-corrected chi connectivity index (χ4v) is 4.78. The molecule has 1 unspecified atom stereocenters. The van der Waals surface area contributed by atoms with E-state index >= 15 is 0 Å². The number of hydrogen-bond acceptors (Lipinski definition) is 4. The highest BCUT2D eigenvalue weighted by Crippen LogP contribution is 2.55. The first-order valence-electron chi connectivity index (χ1n) is 10.5. The van der Waals surface area contributed by atoms with E-state index in [1.54, 1.807) is 4.90 Å². The topological polar surface area (TPSA) is 55.8 Å². The molecule has 0 N–H and O–H groups in total. The molecule has 2 aliphatic rings. The lowest BCUT2D eigenvalue weighted by atomic mass is 9.58. The molecule has 1 aliphatic carbocycles. The number of ether oxygens (including phenoxy) is 2. The van der Waals surface area contributed by atoms with Gasteiger partial charge in [-0.05, 0) is 50.5 Å². The summed E-state index contributed by atoms with van der Waals surface area (Å²) < 4.78 is 10.4. The molecule has 3 rings (SSSR count). The number of hydrogen-bond donors (Lipinski definition) is 0. The summed E-state index contributed by atoms with van der Waals surface area (Å²) in [7, 11) is 1.39. The molecule has 0 spiro atoms. The van der Waals surface area contributed by atoms with Gasteiger partial charge in [-0.25, -0.2) is 9.59 Å². The lowest BCUT2D eigenvalue weighted by molar-refractivity contribution is 0.0181. The smallest absolute Gasteiger partial charge is 0.410 e. The summed E-state index contributed by atoms with van der Waals surface area (Å²) in [6.07, 6.45) is 5.06. The number of carbonyl (C=O) groups excluding carboxylic acids is 2. The van der Waals surface area contributed by atoms with Gasteiger partial charge in [-0.2, -0.15) is 0 Å². The molecule has 1 aromatic rings. The maximum Gasteiger partial charge on any atom is 0.410 e. The van der Waals surface area contributed by atoms with E-state index in [2.05, 4.69) is 32.9 Å². The quantitative estimate of drug-likeness (QED) is 0.478. The van der Waals surface area contributed by atoms with E-state index in [9.17, 15) is 9.59 Å². The largest absolute Gasteiger partial charge is 0.465 e. The van der Waals surface area contributed by atoms with Crippen LogP contribution in [0.1, 0.15) is 63.9 Å². The maximum absolute atomic E-state index is 12.6. The number of fused-ring (bicyclic) bond motifs is 1. The van der Waals surface area contributed by atoms with Gasteiger partial charge in [0, 0.05) is 23.9 Å². The van der Waals surface area contributed by atoms with Gasteiger partial charge in [-0.1, -0.05) is 50.6 Å². The van der Waals surface area contributed by atoms with Gasteiger partial charge in [-0.3, -0.25) is 0 Å². The molecular formula is C25H33NO4. The van der Waals surface area contributed by atoms with Gasteiger partial charge < -0.3 is 14.4 Å². The zero-order valence-electron chi connectivity index (χ0n) is 19.2. The third-order valence-corrected chi connectivity index (χ3v) is 6.08. The van der Waals surface area contributed by atoms with E-state index in [1.165, 1.54) is 18.3 Å². The van der Waals surface area contributed by atoms with Crippen molar-refractivity contribution < 1.29 is 19.1 Å². The number of methoxy groups -OCH3 is 1. The van der Waals surface area contributed by atoms with Gasteiger partial charge in [0.05, 0.1) is 12.7 Å². The second-order valence-electron chi connectivity index (χ2n) is 10.1. The summed E-state index contributed by atoms with van der Waals surface area (Å²) in [5, 5.41) is 0. The van der Waals surface area contributed by atoms with E-state index in [-0.39, 0.29) is 22.9 Å². The number of nitrogens with zero attached hydrogens (tertiary/aromatic N) is 1. The zero-order valence-corrected chi connectivity index (χ0v) is 19.2. The van der Waals surface area contributed by atoms with Crippen molar-refractivity contribution in [1.29, 1.82) is 0 Å². The van der Waals surface area contributed by atoms with Crippen molar-refractivity contribution in [1.82, 2.24) is 4.90 Å². The Morgan fingerprint density at radius 2 is 1.67 bits per heavy atom. The van der Waals surface area contributed by atoms with Gasteiger partial charge in [0.25, 0.3) is 0 Å². The monoisotopic (exact) mass is 411 g/mol. The Bertz CT molecular complexity index is 902. The molecule has 0 fully saturated rings. The summed E-state index contributed by atoms with van der Waals surface area (Å²) >= 11 is 0. The predicted molar refractivity (Wildman–Crippen MR) is 118 cm³/mol. The van der Waals surface area contributed by atoms with Crippen LogP contribution in [0.4, 0.5) is 4.79 Å². The molecule has 0 bridgehead atoms. The summed E-state index contributed by atoms with van der Waals surface area (Å²) in [5.41, 5.74) is 3.43. The second-order valence-corrected chi connectivity index (χ2v) is 10.1. The van der Waals surface area contributed by atoms with Gasteiger partial charge in [0.2, 0.25) is 0 Å². The average molecular weight is 412 g/mol. The molecule has 30 heavy (non-hydrogen) atoms. The summed E-state index contributed by atoms with van der Waals surface area (Å²) in [5.74, 6) is -0.330. The first-order chi connectivity index (χ1) is 13.9. The molecule has 0 saturated heterocycles. The fourth-order valence-electron chi connectivity index (χ4n) is 4.78. The second kappa shape index (κ2) is 7.60. The van der Waals surface area contributed by atoms with Crippen LogP contribution in [0, 0.1) is 10.8 Å². The molecule has 1 amide bonds. The third kappa shape index (κ3) is 4.16. The number of benzene rings is 1. The minimum atomic E-state index is -0.503. The minimum absolute atomic E-state index is 0.131. The maximum atomic E-state index is 12.6.